The molecule has 0 atom stereocenters. The minimum absolute atomic E-state index is 0.0226. The van der Waals surface area contributed by atoms with Crippen LogP contribution in [0, 0.1) is 11.3 Å². The smallest absolute Gasteiger partial charge is 0.337 e. The fraction of sp³-hybridized carbons (Fsp3) is 0.200. The molecule has 0 aliphatic rings. The second kappa shape index (κ2) is 8.55. The Balaban J connectivity index is 2.02. The van der Waals surface area contributed by atoms with E-state index in [1.54, 1.807) is 13.8 Å². The number of carbonyl (C=O) groups excluding carboxylic acids is 1. The third-order valence-electron chi connectivity index (χ3n) is 4.62. The van der Waals surface area contributed by atoms with Crippen LogP contribution in [0.1, 0.15) is 40.3 Å². The summed E-state index contributed by atoms with van der Waals surface area (Å²) in [7, 11) is -3.77. The van der Waals surface area contributed by atoms with Crippen LogP contribution in [0.15, 0.2) is 45.8 Å². The third kappa shape index (κ3) is 4.11. The maximum Gasteiger partial charge on any atom is 0.337 e. The van der Waals surface area contributed by atoms with Gasteiger partial charge < -0.3 is 14.9 Å². The molecule has 0 saturated heterocycles. The van der Waals surface area contributed by atoms with Crippen molar-refractivity contribution in [3.05, 3.63) is 53.3 Å². The summed E-state index contributed by atoms with van der Waals surface area (Å²) in [5.74, 6) is -2.41. The van der Waals surface area contributed by atoms with Gasteiger partial charge in [-0.25, -0.2) is 13.2 Å². The normalized spacial score (nSPS) is 11.4. The number of carboxylic acid groups (broad SMARTS) is 1. The first-order valence-corrected chi connectivity index (χ1v) is 10.6. The molecule has 0 unspecified atom stereocenters. The number of amides is 1. The van der Waals surface area contributed by atoms with Crippen molar-refractivity contribution in [2.45, 2.75) is 18.7 Å². The summed E-state index contributed by atoms with van der Waals surface area (Å²) < 4.78 is 32.0. The number of benzene rings is 2. The van der Waals surface area contributed by atoms with Gasteiger partial charge in [-0.05, 0) is 36.4 Å². The summed E-state index contributed by atoms with van der Waals surface area (Å²) in [6.45, 7) is 4.00. The first-order chi connectivity index (χ1) is 14.7. The Morgan fingerprint density at radius 2 is 1.90 bits per heavy atom. The highest BCUT2D eigenvalue weighted by atomic mass is 32.2. The highest BCUT2D eigenvalue weighted by Crippen LogP contribution is 2.26. The number of anilines is 1. The van der Waals surface area contributed by atoms with Crippen LogP contribution in [-0.4, -0.2) is 48.0 Å². The molecule has 11 heteroatoms. The molecule has 2 N–H and O–H groups in total. The average molecular weight is 442 g/mol. The van der Waals surface area contributed by atoms with E-state index in [-0.39, 0.29) is 51.5 Å². The second-order valence-corrected chi connectivity index (χ2v) is 8.35. The van der Waals surface area contributed by atoms with Gasteiger partial charge >= 0.3 is 5.97 Å². The van der Waals surface area contributed by atoms with E-state index in [1.165, 1.54) is 34.6 Å². The fourth-order valence-corrected chi connectivity index (χ4v) is 4.52. The third-order valence-corrected chi connectivity index (χ3v) is 6.67. The quantitative estimate of drug-likeness (QED) is 0.566. The van der Waals surface area contributed by atoms with Crippen LogP contribution in [0.2, 0.25) is 0 Å². The molecule has 2 aromatic carbocycles. The Labute approximate surface area is 177 Å². The number of fused-ring (bicyclic) bond motifs is 1. The number of hydrogen-bond acceptors (Lipinski definition) is 7. The van der Waals surface area contributed by atoms with E-state index in [9.17, 15) is 23.1 Å². The number of rotatable bonds is 7. The van der Waals surface area contributed by atoms with Gasteiger partial charge in [-0.1, -0.05) is 19.0 Å². The van der Waals surface area contributed by atoms with Crippen molar-refractivity contribution in [3.8, 4) is 6.07 Å². The molecule has 31 heavy (non-hydrogen) atoms. The standard InChI is InChI=1S/C20H18N4O6S/c1-3-24(4-2)31(28,29)13-6-8-17-14(10-13)18(30-23-17)19(25)22-16-7-5-12(11-21)9-15(16)20(26)27/h5-10H,3-4H2,1-2H3,(H,22,25)(H,26,27). The number of carboxylic acids is 1. The van der Waals surface area contributed by atoms with Crippen molar-refractivity contribution in [2.24, 2.45) is 0 Å². The van der Waals surface area contributed by atoms with Crippen LogP contribution in [0.4, 0.5) is 5.69 Å². The highest BCUT2D eigenvalue weighted by Gasteiger charge is 2.25. The molecule has 1 aromatic heterocycles. The molecule has 3 rings (SSSR count). The number of carbonyl (C=O) groups is 2. The molecule has 3 aromatic rings. The number of nitrogens with one attached hydrogen (secondary N) is 1. The molecule has 1 amide bonds. The van der Waals surface area contributed by atoms with E-state index in [0.29, 0.717) is 0 Å². The predicted octanol–water partition coefficient (Wildman–Crippen LogP) is 2.68. The molecular formula is C20H18N4O6S. The Morgan fingerprint density at radius 3 is 2.52 bits per heavy atom. The lowest BCUT2D eigenvalue weighted by Gasteiger charge is -2.18. The van der Waals surface area contributed by atoms with Crippen LogP contribution >= 0.6 is 0 Å². The van der Waals surface area contributed by atoms with Crippen LogP contribution in [0.3, 0.4) is 0 Å². The first-order valence-electron chi connectivity index (χ1n) is 9.21. The van der Waals surface area contributed by atoms with E-state index in [4.69, 9.17) is 9.78 Å². The Bertz CT molecular complexity index is 1320. The molecule has 0 saturated carbocycles. The van der Waals surface area contributed by atoms with Crippen molar-refractivity contribution < 1.29 is 27.6 Å². The van der Waals surface area contributed by atoms with Crippen molar-refractivity contribution in [1.29, 1.82) is 5.26 Å². The molecule has 0 radical (unpaired) electrons. The lowest BCUT2D eigenvalue weighted by molar-refractivity contribution is 0.0698. The average Bonchev–Trinajstić information content (AvgIpc) is 3.18. The van der Waals surface area contributed by atoms with Crippen LogP contribution < -0.4 is 5.32 Å². The number of hydrogen-bond donors (Lipinski definition) is 2. The Morgan fingerprint density at radius 1 is 1.19 bits per heavy atom. The van der Waals surface area contributed by atoms with Crippen LogP contribution in [0.5, 0.6) is 0 Å². The van der Waals surface area contributed by atoms with Gasteiger partial charge in [0.25, 0.3) is 5.91 Å². The summed E-state index contributed by atoms with van der Waals surface area (Å²) in [5, 5.41) is 24.7. The minimum atomic E-state index is -3.77. The van der Waals surface area contributed by atoms with Crippen LogP contribution in [0.25, 0.3) is 10.9 Å². The van der Waals surface area contributed by atoms with E-state index in [0.717, 1.165) is 6.07 Å². The summed E-state index contributed by atoms with van der Waals surface area (Å²) >= 11 is 0. The fourth-order valence-electron chi connectivity index (χ4n) is 3.04. The summed E-state index contributed by atoms with van der Waals surface area (Å²) in [4.78, 5) is 24.2. The van der Waals surface area contributed by atoms with Gasteiger partial charge in [-0.15, -0.1) is 0 Å². The number of nitriles is 1. The monoisotopic (exact) mass is 442 g/mol. The zero-order valence-electron chi connectivity index (χ0n) is 16.6. The SMILES string of the molecule is CCN(CC)S(=O)(=O)c1ccc2noc(C(=O)Nc3ccc(C#N)cc3C(=O)O)c2c1. The minimum Gasteiger partial charge on any atom is -0.478 e. The van der Waals surface area contributed by atoms with Crippen molar-refractivity contribution in [3.63, 3.8) is 0 Å². The predicted molar refractivity (Wildman–Crippen MR) is 110 cm³/mol. The van der Waals surface area contributed by atoms with Gasteiger partial charge in [0.1, 0.15) is 5.52 Å². The molecule has 0 bridgehead atoms. The summed E-state index contributed by atoms with van der Waals surface area (Å²) in [5.41, 5.74) is 0.0580. The molecule has 0 fully saturated rings. The maximum absolute atomic E-state index is 12.8. The van der Waals surface area contributed by atoms with Gasteiger partial charge in [0.2, 0.25) is 15.8 Å². The van der Waals surface area contributed by atoms with Crippen molar-refractivity contribution >= 4 is 38.5 Å². The molecule has 0 spiro atoms. The van der Waals surface area contributed by atoms with E-state index >= 15 is 0 Å². The van der Waals surface area contributed by atoms with Crippen LogP contribution in [-0.2, 0) is 10.0 Å². The Kier molecular flexibility index (Phi) is 6.05. The molecule has 10 nitrogen and oxygen atoms in total. The molecule has 160 valence electrons. The number of aromatic nitrogens is 1. The zero-order chi connectivity index (χ0) is 22.8. The molecule has 0 aliphatic carbocycles. The van der Waals surface area contributed by atoms with Crippen molar-refractivity contribution in [1.82, 2.24) is 9.46 Å². The first kappa shape index (κ1) is 21.9. The molecular weight excluding hydrogens is 424 g/mol. The highest BCUT2D eigenvalue weighted by molar-refractivity contribution is 7.89. The second-order valence-electron chi connectivity index (χ2n) is 6.41. The zero-order valence-corrected chi connectivity index (χ0v) is 17.4. The van der Waals surface area contributed by atoms with E-state index in [1.807, 2.05) is 6.07 Å². The van der Waals surface area contributed by atoms with Gasteiger partial charge in [0.15, 0.2) is 0 Å². The van der Waals surface area contributed by atoms with Gasteiger partial charge in [0.05, 0.1) is 33.2 Å². The number of aromatic carboxylic acids is 1. The topological polar surface area (TPSA) is 154 Å². The molecule has 1 heterocycles. The summed E-state index contributed by atoms with van der Waals surface area (Å²) in [6.07, 6.45) is 0. The number of sulfonamides is 1. The van der Waals surface area contributed by atoms with Crippen molar-refractivity contribution in [2.75, 3.05) is 18.4 Å². The lowest BCUT2D eigenvalue weighted by atomic mass is 10.1. The molecule has 0 aliphatic heterocycles. The lowest BCUT2D eigenvalue weighted by Crippen LogP contribution is -2.30. The largest absolute Gasteiger partial charge is 0.478 e. The maximum atomic E-state index is 12.8. The Hall–Kier alpha value is -3.75. The van der Waals surface area contributed by atoms with Gasteiger partial charge in [-0.3, -0.25) is 4.79 Å². The van der Waals surface area contributed by atoms with Gasteiger partial charge in [0, 0.05) is 13.1 Å². The van der Waals surface area contributed by atoms with Gasteiger partial charge in [-0.2, -0.15) is 9.57 Å². The summed E-state index contributed by atoms with van der Waals surface area (Å²) in [6, 6.07) is 9.70. The van der Waals surface area contributed by atoms with E-state index < -0.39 is 21.9 Å². The number of nitrogens with zero attached hydrogens (tertiary/aromatic N) is 3. The van der Waals surface area contributed by atoms with E-state index in [2.05, 4.69) is 10.5 Å².